The van der Waals surface area contributed by atoms with E-state index in [0.29, 0.717) is 22.6 Å². The first-order valence-electron chi connectivity index (χ1n) is 7.05. The minimum Gasteiger partial charge on any atom is -0.456 e. The minimum atomic E-state index is -1.02. The van der Waals surface area contributed by atoms with Gasteiger partial charge in [-0.05, 0) is 26.0 Å². The largest absolute Gasteiger partial charge is 0.456 e. The predicted molar refractivity (Wildman–Crippen MR) is 77.4 cm³/mol. The number of rotatable bonds is 4. The molecule has 0 unspecified atom stereocenters. The summed E-state index contributed by atoms with van der Waals surface area (Å²) in [6.45, 7) is 3.10. The first-order valence-corrected chi connectivity index (χ1v) is 7.05. The summed E-state index contributed by atoms with van der Waals surface area (Å²) in [5.74, 6) is -1.28. The molecule has 2 heterocycles. The van der Waals surface area contributed by atoms with Crippen LogP contribution in [0.2, 0.25) is 0 Å². The second kappa shape index (κ2) is 5.68. The fraction of sp³-hybridized carbons (Fsp3) is 0.250. The maximum atomic E-state index is 12.3. The van der Waals surface area contributed by atoms with Gasteiger partial charge in [0.15, 0.2) is 12.4 Å². The molecule has 1 aromatic heterocycles. The van der Waals surface area contributed by atoms with Gasteiger partial charge in [-0.2, -0.15) is 0 Å². The molecule has 0 saturated heterocycles. The van der Waals surface area contributed by atoms with E-state index in [1.54, 1.807) is 37.3 Å². The Morgan fingerprint density at radius 2 is 1.87 bits per heavy atom. The molecule has 0 fully saturated rings. The number of imide groups is 1. The Labute approximate surface area is 131 Å². The molecule has 0 bridgehead atoms. The van der Waals surface area contributed by atoms with E-state index in [4.69, 9.17) is 9.26 Å². The molecule has 1 aromatic carbocycles. The summed E-state index contributed by atoms with van der Waals surface area (Å²) < 4.78 is 10.0. The van der Waals surface area contributed by atoms with E-state index in [2.05, 4.69) is 5.16 Å². The number of fused-ring (bicyclic) bond motifs is 1. The Bertz CT molecular complexity index is 760. The van der Waals surface area contributed by atoms with E-state index in [1.807, 2.05) is 0 Å². The van der Waals surface area contributed by atoms with Crippen molar-refractivity contribution in [3.63, 3.8) is 0 Å². The third-order valence-electron chi connectivity index (χ3n) is 3.59. The van der Waals surface area contributed by atoms with Crippen LogP contribution in [0, 0.1) is 6.92 Å². The van der Waals surface area contributed by atoms with Gasteiger partial charge in [0.2, 0.25) is 0 Å². The molecule has 3 rings (SSSR count). The number of aryl methyl sites for hydroxylation is 1. The normalized spacial score (nSPS) is 14.8. The van der Waals surface area contributed by atoms with Crippen LogP contribution in [0.4, 0.5) is 0 Å². The SMILES string of the molecule is Cc1cc(COC(=O)[C@@H](C)N2C(=O)c3ccccc3C2=O)on1. The molecule has 2 aromatic rings. The number of benzene rings is 1. The van der Waals surface area contributed by atoms with Gasteiger partial charge < -0.3 is 9.26 Å². The Morgan fingerprint density at radius 1 is 1.26 bits per heavy atom. The van der Waals surface area contributed by atoms with Crippen molar-refractivity contribution in [2.24, 2.45) is 0 Å². The summed E-state index contributed by atoms with van der Waals surface area (Å²) in [5, 5.41) is 3.68. The topological polar surface area (TPSA) is 89.7 Å². The highest BCUT2D eigenvalue weighted by Crippen LogP contribution is 2.24. The molecule has 118 valence electrons. The van der Waals surface area contributed by atoms with Crippen LogP contribution >= 0.6 is 0 Å². The van der Waals surface area contributed by atoms with Gasteiger partial charge in [-0.1, -0.05) is 17.3 Å². The van der Waals surface area contributed by atoms with Gasteiger partial charge in [-0.25, -0.2) is 4.79 Å². The van der Waals surface area contributed by atoms with Crippen molar-refractivity contribution in [2.45, 2.75) is 26.5 Å². The molecular formula is C16H14N2O5. The maximum Gasteiger partial charge on any atom is 0.329 e. The van der Waals surface area contributed by atoms with E-state index in [9.17, 15) is 14.4 Å². The van der Waals surface area contributed by atoms with Crippen molar-refractivity contribution >= 4 is 17.8 Å². The first-order chi connectivity index (χ1) is 11.0. The number of amides is 2. The number of esters is 1. The molecule has 2 amide bonds. The lowest BCUT2D eigenvalue weighted by molar-refractivity contribution is -0.149. The van der Waals surface area contributed by atoms with Crippen LogP contribution < -0.4 is 0 Å². The zero-order valence-electron chi connectivity index (χ0n) is 12.6. The van der Waals surface area contributed by atoms with E-state index in [-0.39, 0.29) is 6.61 Å². The molecule has 1 atom stereocenters. The number of carbonyl (C=O) groups excluding carboxylic acids is 3. The summed E-state index contributed by atoms with van der Waals surface area (Å²) in [5.41, 5.74) is 1.26. The number of hydrogen-bond donors (Lipinski definition) is 0. The Kier molecular flexibility index (Phi) is 3.69. The van der Waals surface area contributed by atoms with Crippen molar-refractivity contribution < 1.29 is 23.6 Å². The molecule has 1 aliphatic heterocycles. The zero-order chi connectivity index (χ0) is 16.6. The van der Waals surface area contributed by atoms with Crippen LogP contribution in [0.3, 0.4) is 0 Å². The molecule has 0 aliphatic carbocycles. The van der Waals surface area contributed by atoms with Crippen molar-refractivity contribution in [3.8, 4) is 0 Å². The summed E-state index contributed by atoms with van der Waals surface area (Å²) >= 11 is 0. The highest BCUT2D eigenvalue weighted by atomic mass is 16.6. The van der Waals surface area contributed by atoms with Crippen LogP contribution in [-0.2, 0) is 16.1 Å². The Morgan fingerprint density at radius 3 is 2.39 bits per heavy atom. The van der Waals surface area contributed by atoms with Crippen molar-refractivity contribution in [1.82, 2.24) is 10.1 Å². The van der Waals surface area contributed by atoms with E-state index in [1.165, 1.54) is 6.92 Å². The van der Waals surface area contributed by atoms with Gasteiger partial charge in [0.05, 0.1) is 16.8 Å². The van der Waals surface area contributed by atoms with Gasteiger partial charge in [0, 0.05) is 6.07 Å². The first kappa shape index (κ1) is 15.0. The fourth-order valence-corrected chi connectivity index (χ4v) is 2.41. The molecule has 0 saturated carbocycles. The molecule has 0 N–H and O–H groups in total. The Hall–Kier alpha value is -2.96. The quantitative estimate of drug-likeness (QED) is 0.630. The summed E-state index contributed by atoms with van der Waals surface area (Å²) in [7, 11) is 0. The lowest BCUT2D eigenvalue weighted by atomic mass is 10.1. The van der Waals surface area contributed by atoms with Gasteiger partial charge >= 0.3 is 5.97 Å². The lowest BCUT2D eigenvalue weighted by Gasteiger charge is -2.20. The van der Waals surface area contributed by atoms with Crippen LogP contribution in [-0.4, -0.2) is 33.9 Å². The molecular weight excluding hydrogens is 300 g/mol. The second-order valence-electron chi connectivity index (χ2n) is 5.24. The van der Waals surface area contributed by atoms with Crippen LogP contribution in [0.5, 0.6) is 0 Å². The number of nitrogens with zero attached hydrogens (tertiary/aromatic N) is 2. The second-order valence-corrected chi connectivity index (χ2v) is 5.24. The van der Waals surface area contributed by atoms with Gasteiger partial charge in [0.25, 0.3) is 11.8 Å². The van der Waals surface area contributed by atoms with Gasteiger partial charge in [-0.3, -0.25) is 14.5 Å². The monoisotopic (exact) mass is 314 g/mol. The smallest absolute Gasteiger partial charge is 0.329 e. The summed E-state index contributed by atoms with van der Waals surface area (Å²) in [6.07, 6.45) is 0. The summed E-state index contributed by atoms with van der Waals surface area (Å²) in [4.78, 5) is 37.6. The van der Waals surface area contributed by atoms with Crippen molar-refractivity contribution in [2.75, 3.05) is 0 Å². The molecule has 7 nitrogen and oxygen atoms in total. The number of hydrogen-bond acceptors (Lipinski definition) is 6. The van der Waals surface area contributed by atoms with Crippen LogP contribution in [0.25, 0.3) is 0 Å². The number of aromatic nitrogens is 1. The predicted octanol–water partition coefficient (Wildman–Crippen LogP) is 1.71. The Balaban J connectivity index is 1.71. The van der Waals surface area contributed by atoms with Crippen LogP contribution in [0.15, 0.2) is 34.9 Å². The van der Waals surface area contributed by atoms with E-state index < -0.39 is 23.8 Å². The lowest BCUT2D eigenvalue weighted by Crippen LogP contribution is -2.43. The highest BCUT2D eigenvalue weighted by molar-refractivity contribution is 6.22. The minimum absolute atomic E-state index is 0.104. The molecule has 7 heteroatoms. The maximum absolute atomic E-state index is 12.3. The zero-order valence-corrected chi connectivity index (χ0v) is 12.6. The van der Waals surface area contributed by atoms with Gasteiger partial charge in [0.1, 0.15) is 6.04 Å². The number of carbonyl (C=O) groups is 3. The molecule has 1 aliphatic rings. The van der Waals surface area contributed by atoms with E-state index >= 15 is 0 Å². The van der Waals surface area contributed by atoms with E-state index in [0.717, 1.165) is 4.90 Å². The summed E-state index contributed by atoms with van der Waals surface area (Å²) in [6, 6.07) is 7.08. The third kappa shape index (κ3) is 2.61. The van der Waals surface area contributed by atoms with Crippen molar-refractivity contribution in [1.29, 1.82) is 0 Å². The van der Waals surface area contributed by atoms with Crippen molar-refractivity contribution in [3.05, 3.63) is 52.9 Å². The molecule has 23 heavy (non-hydrogen) atoms. The average Bonchev–Trinajstić information content (AvgIpc) is 3.07. The average molecular weight is 314 g/mol. The van der Waals surface area contributed by atoms with Gasteiger partial charge in [-0.15, -0.1) is 0 Å². The van der Waals surface area contributed by atoms with Crippen LogP contribution in [0.1, 0.15) is 39.1 Å². The fourth-order valence-electron chi connectivity index (χ4n) is 2.41. The third-order valence-corrected chi connectivity index (χ3v) is 3.59. The molecule has 0 spiro atoms. The standard InChI is InChI=1S/C16H14N2O5/c1-9-7-11(23-17-9)8-22-16(21)10(2)18-14(19)12-5-3-4-6-13(12)15(18)20/h3-7,10H,8H2,1-2H3/t10-/m1/s1. The molecule has 0 radical (unpaired) electrons. The number of ether oxygens (including phenoxy) is 1. The highest BCUT2D eigenvalue weighted by Gasteiger charge is 2.41.